The Kier molecular flexibility index (Phi) is 4.93. The van der Waals surface area contributed by atoms with E-state index in [0.29, 0.717) is 5.92 Å². The zero-order chi connectivity index (χ0) is 17.4. The first-order valence-corrected chi connectivity index (χ1v) is 10.3. The molecule has 0 amide bonds. The van der Waals surface area contributed by atoms with Crippen LogP contribution in [-0.4, -0.2) is 45.7 Å². The quantitative estimate of drug-likeness (QED) is 0.855. The molecule has 2 aliphatic rings. The van der Waals surface area contributed by atoms with E-state index in [-0.39, 0.29) is 6.10 Å². The number of rotatable bonds is 5. The molecule has 1 aliphatic heterocycles. The lowest BCUT2D eigenvalue weighted by atomic mass is 10.1. The van der Waals surface area contributed by atoms with Crippen LogP contribution in [0.25, 0.3) is 10.2 Å². The molecule has 2 N–H and O–H groups in total. The van der Waals surface area contributed by atoms with Gasteiger partial charge in [0, 0.05) is 17.3 Å². The summed E-state index contributed by atoms with van der Waals surface area (Å²) in [6.07, 6.45) is 5.56. The van der Waals surface area contributed by atoms with Crippen molar-refractivity contribution in [1.29, 1.82) is 0 Å². The van der Waals surface area contributed by atoms with Crippen LogP contribution in [0.4, 0.5) is 5.82 Å². The second kappa shape index (κ2) is 7.17. The van der Waals surface area contributed by atoms with Crippen LogP contribution < -0.4 is 5.32 Å². The van der Waals surface area contributed by atoms with Crippen LogP contribution in [0, 0.1) is 19.8 Å². The molecule has 0 aromatic carbocycles. The number of aliphatic hydroxyl groups is 1. The first-order chi connectivity index (χ1) is 12.1. The highest BCUT2D eigenvalue weighted by atomic mass is 32.1. The summed E-state index contributed by atoms with van der Waals surface area (Å²) in [6.45, 7) is 8.26. The molecular weight excluding hydrogens is 332 g/mol. The van der Waals surface area contributed by atoms with Gasteiger partial charge in [0.25, 0.3) is 0 Å². The molecule has 6 heteroatoms. The molecule has 2 atom stereocenters. The number of hydrogen-bond donors (Lipinski definition) is 2. The molecule has 0 spiro atoms. The van der Waals surface area contributed by atoms with E-state index < -0.39 is 0 Å². The first-order valence-electron chi connectivity index (χ1n) is 9.52. The molecule has 25 heavy (non-hydrogen) atoms. The third kappa shape index (κ3) is 3.52. The van der Waals surface area contributed by atoms with E-state index in [1.165, 1.54) is 28.7 Å². The van der Waals surface area contributed by atoms with E-state index in [0.717, 1.165) is 61.9 Å². The fraction of sp³-hybridized carbons (Fsp3) is 0.684. The van der Waals surface area contributed by atoms with Crippen molar-refractivity contribution in [3.63, 3.8) is 0 Å². The van der Waals surface area contributed by atoms with Gasteiger partial charge in [0.15, 0.2) is 0 Å². The second-order valence-corrected chi connectivity index (χ2v) is 8.78. The summed E-state index contributed by atoms with van der Waals surface area (Å²) < 4.78 is 0. The van der Waals surface area contributed by atoms with Crippen molar-refractivity contribution < 1.29 is 5.11 Å². The molecular formula is C19H28N4OS. The average molecular weight is 361 g/mol. The molecule has 1 saturated carbocycles. The molecule has 4 rings (SSSR count). The SMILES string of the molecule is Cc1sc2nc(CN3CCCC3)nc(NCC3CCCC3O)c2c1C. The second-order valence-electron chi connectivity index (χ2n) is 7.57. The van der Waals surface area contributed by atoms with Crippen molar-refractivity contribution in [3.05, 3.63) is 16.3 Å². The Bertz CT molecular complexity index is 753. The Morgan fingerprint density at radius 3 is 2.68 bits per heavy atom. The average Bonchev–Trinajstić information content (AvgIpc) is 3.29. The number of aryl methyl sites for hydroxylation is 2. The van der Waals surface area contributed by atoms with Gasteiger partial charge in [-0.15, -0.1) is 11.3 Å². The maximum Gasteiger partial charge on any atom is 0.146 e. The van der Waals surface area contributed by atoms with Crippen molar-refractivity contribution in [2.75, 3.05) is 25.0 Å². The number of aliphatic hydroxyl groups excluding tert-OH is 1. The van der Waals surface area contributed by atoms with Crippen LogP contribution in [0.3, 0.4) is 0 Å². The standard InChI is InChI=1S/C19H28N4OS/c1-12-13(2)25-19-17(12)18(20-10-14-6-5-7-15(14)24)21-16(22-19)11-23-8-3-4-9-23/h14-15,24H,3-11H2,1-2H3,(H,20,21,22). The minimum absolute atomic E-state index is 0.167. The Hall–Kier alpha value is -1.24. The van der Waals surface area contributed by atoms with Crippen molar-refractivity contribution in [1.82, 2.24) is 14.9 Å². The summed E-state index contributed by atoms with van der Waals surface area (Å²) in [5, 5.41) is 14.8. The zero-order valence-electron chi connectivity index (χ0n) is 15.2. The summed E-state index contributed by atoms with van der Waals surface area (Å²) in [5.74, 6) is 2.22. The highest BCUT2D eigenvalue weighted by molar-refractivity contribution is 7.18. The number of anilines is 1. The van der Waals surface area contributed by atoms with Crippen molar-refractivity contribution in [2.45, 2.75) is 58.6 Å². The molecule has 3 heterocycles. The number of likely N-dealkylation sites (tertiary alicyclic amines) is 1. The predicted octanol–water partition coefficient (Wildman–Crippen LogP) is 3.48. The lowest BCUT2D eigenvalue weighted by Gasteiger charge is -2.18. The molecule has 136 valence electrons. The topological polar surface area (TPSA) is 61.3 Å². The van der Waals surface area contributed by atoms with Crippen molar-refractivity contribution >= 4 is 27.4 Å². The Morgan fingerprint density at radius 1 is 1.16 bits per heavy atom. The van der Waals surface area contributed by atoms with Gasteiger partial charge in [-0.25, -0.2) is 9.97 Å². The highest BCUT2D eigenvalue weighted by Gasteiger charge is 2.25. The lowest BCUT2D eigenvalue weighted by Crippen LogP contribution is -2.23. The number of nitrogens with one attached hydrogen (secondary N) is 1. The van der Waals surface area contributed by atoms with Crippen LogP contribution in [0.2, 0.25) is 0 Å². The summed E-state index contributed by atoms with van der Waals surface area (Å²) >= 11 is 1.76. The third-order valence-corrected chi connectivity index (χ3v) is 6.89. The van der Waals surface area contributed by atoms with Gasteiger partial charge in [0.1, 0.15) is 16.5 Å². The molecule has 2 aromatic heterocycles. The van der Waals surface area contributed by atoms with Crippen LogP contribution in [0.5, 0.6) is 0 Å². The molecule has 2 unspecified atom stereocenters. The van der Waals surface area contributed by atoms with Gasteiger partial charge in [0.05, 0.1) is 18.0 Å². The monoisotopic (exact) mass is 360 g/mol. The Balaban J connectivity index is 1.61. The van der Waals surface area contributed by atoms with Crippen molar-refractivity contribution in [2.24, 2.45) is 5.92 Å². The molecule has 0 bridgehead atoms. The van der Waals surface area contributed by atoms with Gasteiger partial charge < -0.3 is 10.4 Å². The third-order valence-electron chi connectivity index (χ3n) is 5.79. The maximum atomic E-state index is 10.1. The number of aromatic nitrogens is 2. The smallest absolute Gasteiger partial charge is 0.146 e. The molecule has 1 aliphatic carbocycles. The van der Waals surface area contributed by atoms with E-state index in [9.17, 15) is 5.11 Å². The van der Waals surface area contributed by atoms with Gasteiger partial charge in [-0.1, -0.05) is 6.42 Å². The van der Waals surface area contributed by atoms with E-state index in [4.69, 9.17) is 9.97 Å². The predicted molar refractivity (Wildman–Crippen MR) is 103 cm³/mol. The van der Waals surface area contributed by atoms with Gasteiger partial charge in [-0.05, 0) is 58.2 Å². The zero-order valence-corrected chi connectivity index (χ0v) is 16.0. The van der Waals surface area contributed by atoms with Gasteiger partial charge in [0.2, 0.25) is 0 Å². The van der Waals surface area contributed by atoms with Crippen LogP contribution in [0.1, 0.15) is 48.4 Å². The van der Waals surface area contributed by atoms with E-state index >= 15 is 0 Å². The molecule has 1 saturated heterocycles. The largest absolute Gasteiger partial charge is 0.393 e. The van der Waals surface area contributed by atoms with E-state index in [1.54, 1.807) is 11.3 Å². The van der Waals surface area contributed by atoms with Crippen LogP contribution in [-0.2, 0) is 6.54 Å². The minimum Gasteiger partial charge on any atom is -0.393 e. The number of nitrogens with zero attached hydrogens (tertiary/aromatic N) is 3. The molecule has 2 aromatic rings. The Morgan fingerprint density at radius 2 is 1.96 bits per heavy atom. The molecule has 5 nitrogen and oxygen atoms in total. The van der Waals surface area contributed by atoms with Crippen LogP contribution >= 0.6 is 11.3 Å². The molecule has 0 radical (unpaired) electrons. The van der Waals surface area contributed by atoms with Crippen molar-refractivity contribution in [3.8, 4) is 0 Å². The summed E-state index contributed by atoms with van der Waals surface area (Å²) in [4.78, 5) is 14.6. The highest BCUT2D eigenvalue weighted by Crippen LogP contribution is 2.34. The fourth-order valence-corrected chi connectivity index (χ4v) is 5.16. The summed E-state index contributed by atoms with van der Waals surface area (Å²) in [5.41, 5.74) is 1.28. The molecule has 2 fully saturated rings. The lowest BCUT2D eigenvalue weighted by molar-refractivity contribution is 0.138. The first kappa shape index (κ1) is 17.2. The van der Waals surface area contributed by atoms with Gasteiger partial charge >= 0.3 is 0 Å². The maximum absolute atomic E-state index is 10.1. The summed E-state index contributed by atoms with van der Waals surface area (Å²) in [7, 11) is 0. The fourth-order valence-electron chi connectivity index (χ4n) is 4.12. The summed E-state index contributed by atoms with van der Waals surface area (Å²) in [6, 6.07) is 0. The van der Waals surface area contributed by atoms with E-state index in [2.05, 4.69) is 24.1 Å². The Labute approximate surface area is 153 Å². The number of fused-ring (bicyclic) bond motifs is 1. The van der Waals surface area contributed by atoms with Gasteiger partial charge in [-0.2, -0.15) is 0 Å². The normalized spacial score (nSPS) is 24.4. The van der Waals surface area contributed by atoms with Crippen LogP contribution in [0.15, 0.2) is 0 Å². The van der Waals surface area contributed by atoms with Gasteiger partial charge in [-0.3, -0.25) is 4.90 Å². The minimum atomic E-state index is -0.167. The number of thiophene rings is 1. The van der Waals surface area contributed by atoms with E-state index in [1.807, 2.05) is 0 Å². The number of hydrogen-bond acceptors (Lipinski definition) is 6.